The van der Waals surface area contributed by atoms with Crippen molar-refractivity contribution < 1.29 is 4.74 Å². The van der Waals surface area contributed by atoms with Crippen molar-refractivity contribution >= 4 is 39.9 Å². The highest BCUT2D eigenvalue weighted by molar-refractivity contribution is 6.10. The molecule has 0 unspecified atom stereocenters. The number of hydrogen-bond donors (Lipinski definition) is 0. The first kappa shape index (κ1) is 14.1. The highest BCUT2D eigenvalue weighted by Gasteiger charge is 2.16. The number of para-hydroxylation sites is 1. The van der Waals surface area contributed by atoms with E-state index in [1.54, 1.807) is 0 Å². The van der Waals surface area contributed by atoms with E-state index < -0.39 is 0 Å². The number of halogens is 1. The maximum absolute atomic E-state index is 5.45. The molecule has 2 heterocycles. The van der Waals surface area contributed by atoms with Gasteiger partial charge in [-0.25, -0.2) is 4.98 Å². The molecule has 3 nitrogen and oxygen atoms in total. The van der Waals surface area contributed by atoms with E-state index in [1.807, 2.05) is 6.07 Å². The first-order valence-electron chi connectivity index (χ1n) is 7.04. The van der Waals surface area contributed by atoms with E-state index in [9.17, 15) is 0 Å². The summed E-state index contributed by atoms with van der Waals surface area (Å²) < 4.78 is 5.45. The number of morpholine rings is 1. The molecule has 1 aromatic heterocycles. The van der Waals surface area contributed by atoms with Crippen LogP contribution in [0.25, 0.3) is 21.7 Å². The number of benzene rings is 2. The van der Waals surface area contributed by atoms with Crippen LogP contribution in [0.5, 0.6) is 0 Å². The third-order valence-corrected chi connectivity index (χ3v) is 3.90. The molecule has 0 bridgehead atoms. The highest BCUT2D eigenvalue weighted by Crippen LogP contribution is 2.31. The van der Waals surface area contributed by atoms with Crippen molar-refractivity contribution in [3.8, 4) is 0 Å². The molecule has 0 amide bonds. The first-order chi connectivity index (χ1) is 9.93. The lowest BCUT2D eigenvalue weighted by atomic mass is 10.1. The van der Waals surface area contributed by atoms with Gasteiger partial charge in [0.05, 0.1) is 18.7 Å². The summed E-state index contributed by atoms with van der Waals surface area (Å²) in [7, 11) is 0. The lowest BCUT2D eigenvalue weighted by molar-refractivity contribution is 0.122. The van der Waals surface area contributed by atoms with Crippen molar-refractivity contribution in [1.82, 2.24) is 4.98 Å². The number of pyridine rings is 1. The molecule has 1 aliphatic heterocycles. The predicted octanol–water partition coefficient (Wildman–Crippen LogP) is 3.65. The number of fused-ring (bicyclic) bond motifs is 3. The van der Waals surface area contributed by atoms with Crippen LogP contribution in [0, 0.1) is 0 Å². The van der Waals surface area contributed by atoms with Gasteiger partial charge in [-0.15, -0.1) is 12.4 Å². The average molecular weight is 301 g/mol. The zero-order valence-corrected chi connectivity index (χ0v) is 12.5. The molecular formula is C17H17ClN2O. The third-order valence-electron chi connectivity index (χ3n) is 3.90. The molecule has 0 saturated carbocycles. The topological polar surface area (TPSA) is 25.4 Å². The highest BCUT2D eigenvalue weighted by atomic mass is 35.5. The summed E-state index contributed by atoms with van der Waals surface area (Å²) in [4.78, 5) is 7.23. The largest absolute Gasteiger partial charge is 0.378 e. The minimum absolute atomic E-state index is 0. The first-order valence-corrected chi connectivity index (χ1v) is 7.04. The smallest absolute Gasteiger partial charge is 0.137 e. The van der Waals surface area contributed by atoms with Crippen LogP contribution < -0.4 is 4.90 Å². The Morgan fingerprint density at radius 1 is 0.810 bits per heavy atom. The minimum atomic E-state index is 0. The number of rotatable bonds is 1. The van der Waals surface area contributed by atoms with Gasteiger partial charge < -0.3 is 9.64 Å². The summed E-state index contributed by atoms with van der Waals surface area (Å²) >= 11 is 0. The quantitative estimate of drug-likeness (QED) is 0.642. The molecule has 2 aromatic carbocycles. The number of aromatic nitrogens is 1. The molecule has 4 heteroatoms. The SMILES string of the molecule is Cl.c1ccc2c(c1)nc(N1CCOCC1)c1ccccc12. The van der Waals surface area contributed by atoms with Gasteiger partial charge in [0.2, 0.25) is 0 Å². The summed E-state index contributed by atoms with van der Waals surface area (Å²) in [6, 6.07) is 16.9. The van der Waals surface area contributed by atoms with Gasteiger partial charge in [0.1, 0.15) is 5.82 Å². The lowest BCUT2D eigenvalue weighted by Gasteiger charge is -2.29. The fourth-order valence-electron chi connectivity index (χ4n) is 2.90. The second-order valence-corrected chi connectivity index (χ2v) is 5.10. The Bertz CT molecular complexity index is 769. The van der Waals surface area contributed by atoms with Crippen molar-refractivity contribution in [3.05, 3.63) is 48.5 Å². The van der Waals surface area contributed by atoms with E-state index in [0.717, 1.165) is 37.6 Å². The van der Waals surface area contributed by atoms with E-state index in [2.05, 4.69) is 47.4 Å². The molecule has 3 aromatic rings. The molecule has 0 N–H and O–H groups in total. The van der Waals surface area contributed by atoms with Gasteiger partial charge in [-0.3, -0.25) is 0 Å². The fraction of sp³-hybridized carbons (Fsp3) is 0.235. The Labute approximate surface area is 129 Å². The van der Waals surface area contributed by atoms with Crippen LogP contribution in [0.2, 0.25) is 0 Å². The van der Waals surface area contributed by atoms with E-state index in [4.69, 9.17) is 9.72 Å². The van der Waals surface area contributed by atoms with Crippen molar-refractivity contribution in [2.24, 2.45) is 0 Å². The minimum Gasteiger partial charge on any atom is -0.378 e. The molecule has 0 radical (unpaired) electrons. The van der Waals surface area contributed by atoms with Gasteiger partial charge in [0.25, 0.3) is 0 Å². The molecule has 1 saturated heterocycles. The molecule has 21 heavy (non-hydrogen) atoms. The van der Waals surface area contributed by atoms with Crippen LogP contribution in [0.3, 0.4) is 0 Å². The molecule has 4 rings (SSSR count). The molecular weight excluding hydrogens is 284 g/mol. The Hall–Kier alpha value is -1.84. The Balaban J connectivity index is 0.00000132. The Morgan fingerprint density at radius 3 is 2.19 bits per heavy atom. The van der Waals surface area contributed by atoms with Crippen LogP contribution >= 0.6 is 12.4 Å². The van der Waals surface area contributed by atoms with Crippen LogP contribution in [0.1, 0.15) is 0 Å². The zero-order valence-electron chi connectivity index (χ0n) is 11.7. The molecule has 1 aliphatic rings. The normalized spacial score (nSPS) is 15.1. The number of nitrogens with zero attached hydrogens (tertiary/aromatic N) is 2. The van der Waals surface area contributed by atoms with Gasteiger partial charge >= 0.3 is 0 Å². The van der Waals surface area contributed by atoms with Crippen molar-refractivity contribution in [2.75, 3.05) is 31.2 Å². The second-order valence-electron chi connectivity index (χ2n) is 5.10. The fourth-order valence-corrected chi connectivity index (χ4v) is 2.90. The predicted molar refractivity (Wildman–Crippen MR) is 89.5 cm³/mol. The molecule has 108 valence electrons. The van der Waals surface area contributed by atoms with Crippen LogP contribution in [0.4, 0.5) is 5.82 Å². The number of anilines is 1. The summed E-state index contributed by atoms with van der Waals surface area (Å²) in [5.41, 5.74) is 1.06. The van der Waals surface area contributed by atoms with E-state index in [1.165, 1.54) is 16.2 Å². The Kier molecular flexibility index (Phi) is 3.95. The lowest BCUT2D eigenvalue weighted by Crippen LogP contribution is -2.36. The number of hydrogen-bond acceptors (Lipinski definition) is 3. The third kappa shape index (κ3) is 2.43. The van der Waals surface area contributed by atoms with E-state index in [0.29, 0.717) is 0 Å². The molecule has 0 atom stereocenters. The van der Waals surface area contributed by atoms with Crippen molar-refractivity contribution in [3.63, 3.8) is 0 Å². The van der Waals surface area contributed by atoms with Crippen LogP contribution in [-0.4, -0.2) is 31.3 Å². The van der Waals surface area contributed by atoms with Gasteiger partial charge in [0, 0.05) is 23.9 Å². The summed E-state index contributed by atoms with van der Waals surface area (Å²) in [6.45, 7) is 3.39. The van der Waals surface area contributed by atoms with Gasteiger partial charge in [-0.05, 0) is 11.5 Å². The Morgan fingerprint density at radius 2 is 1.43 bits per heavy atom. The standard InChI is InChI=1S/C17H16N2O.ClH/c1-2-7-15-13(5-1)14-6-3-4-8-16(14)18-17(15)19-9-11-20-12-10-19;/h1-8H,9-12H2;1H. The maximum Gasteiger partial charge on any atom is 0.137 e. The van der Waals surface area contributed by atoms with E-state index in [-0.39, 0.29) is 12.4 Å². The van der Waals surface area contributed by atoms with Gasteiger partial charge in [0.15, 0.2) is 0 Å². The van der Waals surface area contributed by atoms with Crippen LogP contribution in [0.15, 0.2) is 48.5 Å². The number of ether oxygens (including phenoxy) is 1. The molecule has 1 fully saturated rings. The molecule has 0 aliphatic carbocycles. The van der Waals surface area contributed by atoms with Crippen molar-refractivity contribution in [1.29, 1.82) is 0 Å². The summed E-state index contributed by atoms with van der Waals surface area (Å²) in [5, 5.41) is 3.73. The maximum atomic E-state index is 5.45. The van der Waals surface area contributed by atoms with Gasteiger partial charge in [-0.1, -0.05) is 42.5 Å². The molecule has 0 spiro atoms. The average Bonchev–Trinajstić information content (AvgIpc) is 2.55. The van der Waals surface area contributed by atoms with Gasteiger partial charge in [-0.2, -0.15) is 0 Å². The van der Waals surface area contributed by atoms with Crippen molar-refractivity contribution in [2.45, 2.75) is 0 Å². The summed E-state index contributed by atoms with van der Waals surface area (Å²) in [5.74, 6) is 1.09. The zero-order chi connectivity index (χ0) is 13.4. The van der Waals surface area contributed by atoms with Crippen LogP contribution in [-0.2, 0) is 4.74 Å². The monoisotopic (exact) mass is 300 g/mol. The second kappa shape index (κ2) is 5.88. The van der Waals surface area contributed by atoms with E-state index >= 15 is 0 Å². The summed E-state index contributed by atoms with van der Waals surface area (Å²) in [6.07, 6.45) is 0.